The molecule has 6 heteroatoms. The molecule has 23 heavy (non-hydrogen) atoms. The van der Waals surface area contributed by atoms with E-state index >= 15 is 0 Å². The maximum Gasteiger partial charge on any atom is 0.410 e. The van der Waals surface area contributed by atoms with E-state index < -0.39 is 5.60 Å². The highest BCUT2D eigenvalue weighted by Crippen LogP contribution is 2.30. The van der Waals surface area contributed by atoms with E-state index in [1.54, 1.807) is 17.2 Å². The van der Waals surface area contributed by atoms with Crippen LogP contribution in [0.25, 0.3) is 0 Å². The molecular formula is C17H25ClN2O3. The maximum absolute atomic E-state index is 12.2. The average Bonchev–Trinajstić information content (AvgIpc) is 3.26. The van der Waals surface area contributed by atoms with E-state index in [0.717, 1.165) is 12.1 Å². The molecule has 0 atom stereocenters. The fourth-order valence-electron chi connectivity index (χ4n) is 2.05. The predicted molar refractivity (Wildman–Crippen MR) is 89.4 cm³/mol. The summed E-state index contributed by atoms with van der Waals surface area (Å²) in [6, 6.07) is 3.62. The first-order valence-corrected chi connectivity index (χ1v) is 8.37. The minimum atomic E-state index is -0.477. The van der Waals surface area contributed by atoms with E-state index in [-0.39, 0.29) is 6.09 Å². The third-order valence-electron chi connectivity index (χ3n) is 3.39. The van der Waals surface area contributed by atoms with E-state index in [0.29, 0.717) is 30.8 Å². The van der Waals surface area contributed by atoms with E-state index in [1.165, 1.54) is 12.8 Å². The number of rotatable bonds is 7. The van der Waals surface area contributed by atoms with Crippen molar-refractivity contribution in [2.75, 3.05) is 19.7 Å². The number of aromatic nitrogens is 1. The van der Waals surface area contributed by atoms with Gasteiger partial charge in [-0.25, -0.2) is 9.78 Å². The van der Waals surface area contributed by atoms with Crippen LogP contribution in [-0.4, -0.2) is 41.3 Å². The monoisotopic (exact) mass is 340 g/mol. The highest BCUT2D eigenvalue weighted by Gasteiger charge is 2.29. The summed E-state index contributed by atoms with van der Waals surface area (Å²) in [5, 5.41) is 0.467. The summed E-state index contributed by atoms with van der Waals surface area (Å²) < 4.78 is 11.1. The van der Waals surface area contributed by atoms with Crippen LogP contribution in [0.4, 0.5) is 4.79 Å². The van der Waals surface area contributed by atoms with Gasteiger partial charge in [0.25, 0.3) is 0 Å². The van der Waals surface area contributed by atoms with Crippen LogP contribution in [0.2, 0.25) is 5.15 Å². The minimum absolute atomic E-state index is 0.263. The molecule has 1 aliphatic carbocycles. The largest absolute Gasteiger partial charge is 0.444 e. The van der Waals surface area contributed by atoms with Gasteiger partial charge in [0, 0.05) is 19.3 Å². The Morgan fingerprint density at radius 3 is 2.70 bits per heavy atom. The molecule has 2 rings (SSSR count). The highest BCUT2D eigenvalue weighted by molar-refractivity contribution is 6.29. The Bertz CT molecular complexity index is 510. The molecule has 0 spiro atoms. The van der Waals surface area contributed by atoms with Gasteiger partial charge in [-0.2, -0.15) is 0 Å². The molecule has 1 aromatic heterocycles. The SMILES string of the molecule is CC(C)(C)OC(=O)N(CCOCc1ccc(Cl)nc1)CC1CC1. The lowest BCUT2D eigenvalue weighted by Crippen LogP contribution is -2.39. The number of nitrogens with zero attached hydrogens (tertiary/aromatic N) is 2. The molecule has 0 N–H and O–H groups in total. The van der Waals surface area contributed by atoms with Gasteiger partial charge in [-0.3, -0.25) is 0 Å². The number of ether oxygens (including phenoxy) is 2. The van der Waals surface area contributed by atoms with Crippen LogP contribution < -0.4 is 0 Å². The molecule has 1 aliphatic rings. The number of carbonyl (C=O) groups excluding carboxylic acids is 1. The van der Waals surface area contributed by atoms with Crippen molar-refractivity contribution in [3.05, 3.63) is 29.0 Å². The van der Waals surface area contributed by atoms with Crippen LogP contribution in [0.3, 0.4) is 0 Å². The first-order chi connectivity index (χ1) is 10.8. The summed E-state index contributed by atoms with van der Waals surface area (Å²) in [7, 11) is 0. The molecule has 5 nitrogen and oxygen atoms in total. The lowest BCUT2D eigenvalue weighted by molar-refractivity contribution is 0.0154. The lowest BCUT2D eigenvalue weighted by atomic mass is 10.2. The van der Waals surface area contributed by atoms with E-state index in [4.69, 9.17) is 21.1 Å². The van der Waals surface area contributed by atoms with Crippen molar-refractivity contribution in [2.45, 2.75) is 45.8 Å². The highest BCUT2D eigenvalue weighted by atomic mass is 35.5. The molecule has 0 saturated heterocycles. The third kappa shape index (κ3) is 7.18. The molecule has 1 aromatic rings. The smallest absolute Gasteiger partial charge is 0.410 e. The predicted octanol–water partition coefficient (Wildman–Crippen LogP) is 3.90. The Hall–Kier alpha value is -1.33. The Labute approximate surface area is 142 Å². The van der Waals surface area contributed by atoms with Gasteiger partial charge in [0.2, 0.25) is 0 Å². The fourth-order valence-corrected chi connectivity index (χ4v) is 2.16. The maximum atomic E-state index is 12.2. The first-order valence-electron chi connectivity index (χ1n) is 7.99. The van der Waals surface area contributed by atoms with Crippen molar-refractivity contribution in [3.63, 3.8) is 0 Å². The molecule has 0 aliphatic heterocycles. The second-order valence-corrected chi connectivity index (χ2v) is 7.30. The molecule has 128 valence electrons. The molecule has 1 amide bonds. The summed E-state index contributed by atoms with van der Waals surface area (Å²) in [6.45, 7) is 7.84. The number of halogens is 1. The van der Waals surface area contributed by atoms with Crippen molar-refractivity contribution in [2.24, 2.45) is 5.92 Å². The van der Waals surface area contributed by atoms with Crippen molar-refractivity contribution in [1.29, 1.82) is 0 Å². The zero-order chi connectivity index (χ0) is 16.9. The molecule has 0 radical (unpaired) electrons. The molecular weight excluding hydrogens is 316 g/mol. The Kier molecular flexibility index (Phi) is 6.25. The summed E-state index contributed by atoms with van der Waals surface area (Å²) in [6.07, 6.45) is 3.81. The van der Waals surface area contributed by atoms with E-state index in [9.17, 15) is 4.79 Å². The summed E-state index contributed by atoms with van der Waals surface area (Å²) >= 11 is 5.75. The quantitative estimate of drug-likeness (QED) is 0.558. The van der Waals surface area contributed by atoms with Crippen LogP contribution in [0, 0.1) is 5.92 Å². The molecule has 1 saturated carbocycles. The number of carbonyl (C=O) groups is 1. The van der Waals surface area contributed by atoms with Gasteiger partial charge < -0.3 is 14.4 Å². The van der Waals surface area contributed by atoms with Gasteiger partial charge in [0.1, 0.15) is 10.8 Å². The average molecular weight is 341 g/mol. The normalized spacial score (nSPS) is 14.6. The van der Waals surface area contributed by atoms with Crippen molar-refractivity contribution >= 4 is 17.7 Å². The van der Waals surface area contributed by atoms with Gasteiger partial charge in [0.05, 0.1) is 13.2 Å². The molecule has 1 fully saturated rings. The van der Waals surface area contributed by atoms with Crippen LogP contribution in [0.1, 0.15) is 39.2 Å². The van der Waals surface area contributed by atoms with Crippen molar-refractivity contribution in [3.8, 4) is 0 Å². The molecule has 0 aromatic carbocycles. The van der Waals surface area contributed by atoms with Crippen molar-refractivity contribution < 1.29 is 14.3 Å². The summed E-state index contributed by atoms with van der Waals surface area (Å²) in [5.41, 5.74) is 0.481. The number of hydrogen-bond acceptors (Lipinski definition) is 4. The Morgan fingerprint density at radius 1 is 1.39 bits per heavy atom. The number of pyridine rings is 1. The molecule has 0 bridgehead atoms. The van der Waals surface area contributed by atoms with E-state index in [2.05, 4.69) is 4.98 Å². The zero-order valence-electron chi connectivity index (χ0n) is 14.0. The first kappa shape index (κ1) is 18.0. The second kappa shape index (κ2) is 7.97. The molecule has 1 heterocycles. The molecule has 0 unspecified atom stereocenters. The third-order valence-corrected chi connectivity index (χ3v) is 3.61. The standard InChI is InChI=1S/C17H25ClN2O3/c1-17(2,3)23-16(21)20(11-13-4-5-13)8-9-22-12-14-6-7-15(18)19-10-14/h6-7,10,13H,4-5,8-9,11-12H2,1-3H3. The van der Waals surface area contributed by atoms with Crippen LogP contribution >= 0.6 is 11.6 Å². The van der Waals surface area contributed by atoms with Crippen LogP contribution in [0.15, 0.2) is 18.3 Å². The lowest BCUT2D eigenvalue weighted by Gasteiger charge is -2.27. The van der Waals surface area contributed by atoms with E-state index in [1.807, 2.05) is 26.8 Å². The van der Waals surface area contributed by atoms with Gasteiger partial charge >= 0.3 is 6.09 Å². The number of amides is 1. The second-order valence-electron chi connectivity index (χ2n) is 6.91. The summed E-state index contributed by atoms with van der Waals surface area (Å²) in [4.78, 5) is 18.0. The topological polar surface area (TPSA) is 51.7 Å². The minimum Gasteiger partial charge on any atom is -0.444 e. The van der Waals surface area contributed by atoms with Gasteiger partial charge in [-0.05, 0) is 51.2 Å². The Morgan fingerprint density at radius 2 is 2.13 bits per heavy atom. The summed E-state index contributed by atoms with van der Waals surface area (Å²) in [5.74, 6) is 0.614. The van der Waals surface area contributed by atoms with Crippen LogP contribution in [-0.2, 0) is 16.1 Å². The van der Waals surface area contributed by atoms with Gasteiger partial charge in [-0.15, -0.1) is 0 Å². The number of hydrogen-bond donors (Lipinski definition) is 0. The van der Waals surface area contributed by atoms with Gasteiger partial charge in [-0.1, -0.05) is 17.7 Å². The fraction of sp³-hybridized carbons (Fsp3) is 0.647. The van der Waals surface area contributed by atoms with Gasteiger partial charge in [0.15, 0.2) is 0 Å². The van der Waals surface area contributed by atoms with Crippen molar-refractivity contribution in [1.82, 2.24) is 9.88 Å². The van der Waals surface area contributed by atoms with Crippen LogP contribution in [0.5, 0.6) is 0 Å². The Balaban J connectivity index is 1.76. The zero-order valence-corrected chi connectivity index (χ0v) is 14.8.